The number of rotatable bonds is 1. The maximum absolute atomic E-state index is 5.95. The maximum Gasteiger partial charge on any atom is 0.160 e. The van der Waals surface area contributed by atoms with Gasteiger partial charge in [0.25, 0.3) is 0 Å². The Labute approximate surface area is 108 Å². The van der Waals surface area contributed by atoms with Gasteiger partial charge in [-0.15, -0.1) is 0 Å². The van der Waals surface area contributed by atoms with Crippen molar-refractivity contribution in [2.45, 2.75) is 51.7 Å². The highest BCUT2D eigenvalue weighted by atomic mass is 16.5. The smallest absolute Gasteiger partial charge is 0.160 e. The van der Waals surface area contributed by atoms with E-state index in [9.17, 15) is 0 Å². The molecule has 1 unspecified atom stereocenters. The lowest BCUT2D eigenvalue weighted by Gasteiger charge is -2.33. The minimum Gasteiger partial charge on any atom is -0.367 e. The molecule has 2 aliphatic heterocycles. The molecule has 4 nitrogen and oxygen atoms in total. The number of hydrogen-bond donors (Lipinski definition) is 1. The summed E-state index contributed by atoms with van der Waals surface area (Å²) in [7, 11) is 0. The van der Waals surface area contributed by atoms with Gasteiger partial charge in [-0.1, -0.05) is 0 Å². The third-order valence-electron chi connectivity index (χ3n) is 4.09. The molecule has 0 aromatic carbocycles. The van der Waals surface area contributed by atoms with Crippen LogP contribution in [0.25, 0.3) is 0 Å². The Morgan fingerprint density at radius 2 is 2.17 bits per heavy atom. The summed E-state index contributed by atoms with van der Waals surface area (Å²) >= 11 is 0. The molecule has 98 valence electrons. The van der Waals surface area contributed by atoms with Crippen molar-refractivity contribution in [1.82, 2.24) is 15.3 Å². The van der Waals surface area contributed by atoms with Gasteiger partial charge in [-0.05, 0) is 51.6 Å². The summed E-state index contributed by atoms with van der Waals surface area (Å²) in [6, 6.07) is 0. The van der Waals surface area contributed by atoms with E-state index in [0.717, 1.165) is 50.5 Å². The van der Waals surface area contributed by atoms with Crippen LogP contribution in [0.5, 0.6) is 0 Å². The fourth-order valence-electron chi connectivity index (χ4n) is 2.89. The minimum atomic E-state index is -0.282. The van der Waals surface area contributed by atoms with Gasteiger partial charge in [-0.2, -0.15) is 0 Å². The van der Waals surface area contributed by atoms with Crippen LogP contribution in [0, 0.1) is 6.92 Å². The number of nitrogens with zero attached hydrogens (tertiary/aromatic N) is 2. The van der Waals surface area contributed by atoms with E-state index < -0.39 is 0 Å². The van der Waals surface area contributed by atoms with Gasteiger partial charge < -0.3 is 10.1 Å². The molecule has 1 saturated heterocycles. The Morgan fingerprint density at radius 1 is 1.28 bits per heavy atom. The first-order valence-corrected chi connectivity index (χ1v) is 6.90. The third-order valence-corrected chi connectivity index (χ3v) is 4.09. The number of nitrogens with one attached hydrogen (secondary N) is 1. The van der Waals surface area contributed by atoms with Crippen LogP contribution < -0.4 is 5.32 Å². The Balaban J connectivity index is 1.99. The summed E-state index contributed by atoms with van der Waals surface area (Å²) in [5, 5.41) is 3.38. The van der Waals surface area contributed by atoms with Gasteiger partial charge in [-0.3, -0.25) is 0 Å². The van der Waals surface area contributed by atoms with Crippen molar-refractivity contribution in [1.29, 1.82) is 0 Å². The fourth-order valence-corrected chi connectivity index (χ4v) is 2.89. The monoisotopic (exact) mass is 247 g/mol. The van der Waals surface area contributed by atoms with E-state index in [-0.39, 0.29) is 5.60 Å². The molecule has 0 radical (unpaired) electrons. The Morgan fingerprint density at radius 3 is 2.94 bits per heavy atom. The van der Waals surface area contributed by atoms with E-state index in [2.05, 4.69) is 19.2 Å². The molecule has 3 rings (SSSR count). The average molecular weight is 247 g/mol. The molecule has 1 N–H and O–H groups in total. The Kier molecular flexibility index (Phi) is 3.08. The number of fused-ring (bicyclic) bond motifs is 1. The molecule has 3 heterocycles. The molecule has 1 fully saturated rings. The number of ether oxygens (including phenoxy) is 1. The summed E-state index contributed by atoms with van der Waals surface area (Å²) in [4.78, 5) is 9.49. The second kappa shape index (κ2) is 4.59. The van der Waals surface area contributed by atoms with E-state index in [1.807, 2.05) is 0 Å². The van der Waals surface area contributed by atoms with Gasteiger partial charge in [0.05, 0.1) is 5.69 Å². The second-order valence-electron chi connectivity index (χ2n) is 5.52. The zero-order valence-electron chi connectivity index (χ0n) is 11.3. The van der Waals surface area contributed by atoms with Crippen LogP contribution in [-0.2, 0) is 23.3 Å². The van der Waals surface area contributed by atoms with Crippen molar-refractivity contribution < 1.29 is 4.74 Å². The van der Waals surface area contributed by atoms with Crippen LogP contribution in [0.1, 0.15) is 49.0 Å². The van der Waals surface area contributed by atoms with Crippen molar-refractivity contribution in [2.24, 2.45) is 0 Å². The molecular formula is C14H21N3O. The van der Waals surface area contributed by atoms with Crippen molar-refractivity contribution in [3.63, 3.8) is 0 Å². The summed E-state index contributed by atoms with van der Waals surface area (Å²) in [5.41, 5.74) is 3.35. The van der Waals surface area contributed by atoms with Crippen LogP contribution in [-0.4, -0.2) is 23.1 Å². The quantitative estimate of drug-likeness (QED) is 0.822. The lowest BCUT2D eigenvalue weighted by atomic mass is 9.94. The first-order valence-electron chi connectivity index (χ1n) is 6.90. The predicted molar refractivity (Wildman–Crippen MR) is 69.3 cm³/mol. The SMILES string of the molecule is Cc1nc(C2(C)CCCCO2)nc2c1CCNC2. The normalized spacial score (nSPS) is 27.9. The lowest BCUT2D eigenvalue weighted by Crippen LogP contribution is -2.35. The second-order valence-corrected chi connectivity index (χ2v) is 5.52. The van der Waals surface area contributed by atoms with Gasteiger partial charge in [0.15, 0.2) is 5.82 Å². The molecule has 1 aromatic rings. The lowest BCUT2D eigenvalue weighted by molar-refractivity contribution is -0.0763. The van der Waals surface area contributed by atoms with Gasteiger partial charge in [0.1, 0.15) is 5.60 Å². The molecule has 18 heavy (non-hydrogen) atoms. The average Bonchev–Trinajstić information content (AvgIpc) is 2.39. The van der Waals surface area contributed by atoms with E-state index in [0.29, 0.717) is 0 Å². The van der Waals surface area contributed by atoms with E-state index >= 15 is 0 Å². The summed E-state index contributed by atoms with van der Waals surface area (Å²) in [6.07, 6.45) is 4.42. The van der Waals surface area contributed by atoms with Gasteiger partial charge in [0, 0.05) is 18.8 Å². The predicted octanol–water partition coefficient (Wildman–Crippen LogP) is 1.85. The molecule has 0 spiro atoms. The minimum absolute atomic E-state index is 0.282. The molecular weight excluding hydrogens is 226 g/mol. The van der Waals surface area contributed by atoms with Gasteiger partial charge >= 0.3 is 0 Å². The standard InChI is InChI=1S/C14H21N3O/c1-10-11-5-7-15-9-12(11)17-13(16-10)14(2)6-3-4-8-18-14/h15H,3-9H2,1-2H3. The molecule has 4 heteroatoms. The Bertz CT molecular complexity index is 453. The van der Waals surface area contributed by atoms with Crippen LogP contribution in [0.15, 0.2) is 0 Å². The Hall–Kier alpha value is -1.00. The van der Waals surface area contributed by atoms with Crippen molar-refractivity contribution in [2.75, 3.05) is 13.2 Å². The first kappa shape index (κ1) is 12.1. The first-order chi connectivity index (χ1) is 8.69. The zero-order chi connectivity index (χ0) is 12.6. The van der Waals surface area contributed by atoms with Crippen LogP contribution in [0.2, 0.25) is 0 Å². The number of aryl methyl sites for hydroxylation is 1. The molecule has 0 bridgehead atoms. The molecule has 0 aliphatic carbocycles. The fraction of sp³-hybridized carbons (Fsp3) is 0.714. The summed E-state index contributed by atoms with van der Waals surface area (Å²) in [5.74, 6) is 0.877. The maximum atomic E-state index is 5.95. The number of aromatic nitrogens is 2. The largest absolute Gasteiger partial charge is 0.367 e. The third kappa shape index (κ3) is 2.04. The van der Waals surface area contributed by atoms with E-state index in [1.54, 1.807) is 0 Å². The molecule has 1 atom stereocenters. The molecule has 0 saturated carbocycles. The molecule has 2 aliphatic rings. The van der Waals surface area contributed by atoms with Crippen molar-refractivity contribution in [3.05, 3.63) is 22.8 Å². The van der Waals surface area contributed by atoms with Crippen LogP contribution in [0.3, 0.4) is 0 Å². The highest BCUT2D eigenvalue weighted by Gasteiger charge is 2.34. The highest BCUT2D eigenvalue weighted by molar-refractivity contribution is 5.28. The van der Waals surface area contributed by atoms with Crippen LogP contribution in [0.4, 0.5) is 0 Å². The van der Waals surface area contributed by atoms with Crippen molar-refractivity contribution >= 4 is 0 Å². The van der Waals surface area contributed by atoms with Crippen molar-refractivity contribution in [3.8, 4) is 0 Å². The number of hydrogen-bond acceptors (Lipinski definition) is 4. The van der Waals surface area contributed by atoms with Gasteiger partial charge in [-0.25, -0.2) is 9.97 Å². The van der Waals surface area contributed by atoms with Crippen LogP contribution >= 0.6 is 0 Å². The molecule has 1 aromatic heterocycles. The van der Waals surface area contributed by atoms with E-state index in [4.69, 9.17) is 14.7 Å². The van der Waals surface area contributed by atoms with Gasteiger partial charge in [0.2, 0.25) is 0 Å². The van der Waals surface area contributed by atoms with E-state index in [1.165, 1.54) is 17.7 Å². The highest BCUT2D eigenvalue weighted by Crippen LogP contribution is 2.33. The summed E-state index contributed by atoms with van der Waals surface area (Å²) < 4.78 is 5.95. The zero-order valence-corrected chi connectivity index (χ0v) is 11.3. The molecule has 0 amide bonds. The topological polar surface area (TPSA) is 47.0 Å². The summed E-state index contributed by atoms with van der Waals surface area (Å²) in [6.45, 7) is 6.95.